The average molecular weight is 363 g/mol. The Hall–Kier alpha value is -2.93. The third-order valence-corrected chi connectivity index (χ3v) is 5.06. The maximum absolute atomic E-state index is 12.2. The van der Waals surface area contributed by atoms with Crippen molar-refractivity contribution in [2.45, 2.75) is 24.3 Å². The summed E-state index contributed by atoms with van der Waals surface area (Å²) in [6, 6.07) is 15.4. The Kier molecular flexibility index (Phi) is 4.30. The number of hydrogen-bond donors (Lipinski definition) is 2. The molecule has 0 aliphatic carbocycles. The molecule has 0 aliphatic heterocycles. The lowest BCUT2D eigenvalue weighted by Crippen LogP contribution is -2.12. The molecule has 130 valence electrons. The lowest BCUT2D eigenvalue weighted by molar-refractivity contribution is 0.904. The van der Waals surface area contributed by atoms with Crippen molar-refractivity contribution in [2.24, 2.45) is 0 Å². The molecule has 2 aromatic carbocycles. The van der Waals surface area contributed by atoms with E-state index in [2.05, 4.69) is 25.1 Å². The molecule has 26 heavy (non-hydrogen) atoms. The molecule has 2 aromatic heterocycles. The van der Waals surface area contributed by atoms with Crippen molar-refractivity contribution in [3.05, 3.63) is 70.3 Å². The quantitative estimate of drug-likeness (QED) is 0.538. The van der Waals surface area contributed by atoms with Gasteiger partial charge in [0.25, 0.3) is 5.56 Å². The van der Waals surface area contributed by atoms with Gasteiger partial charge >= 0.3 is 0 Å². The molecule has 0 unspecified atom stereocenters. The van der Waals surface area contributed by atoms with E-state index in [9.17, 15) is 4.79 Å². The number of H-pyrrole nitrogens is 2. The fraction of sp³-hybridized carbons (Fsp3) is 0.158. The van der Waals surface area contributed by atoms with Crippen LogP contribution in [0.15, 0.2) is 58.5 Å². The molecular weight excluding hydrogens is 346 g/mol. The summed E-state index contributed by atoms with van der Waals surface area (Å²) in [6.45, 7) is 4.02. The number of aromatic nitrogens is 5. The standard InChI is InChI=1S/C19H17N5OS/c1-11-7-9-13(10-8-11)17-22-19(24-23-17)26-12(2)16-20-15-6-4-3-5-14(15)18(25)21-16/h3-10,12H,1-2H3,(H,20,21,25)(H,22,23,24)/t12-/m0/s1. The zero-order chi connectivity index (χ0) is 18.1. The Morgan fingerprint density at radius 1 is 1.04 bits per heavy atom. The molecule has 6 nitrogen and oxygen atoms in total. The van der Waals surface area contributed by atoms with Gasteiger partial charge in [-0.15, -0.1) is 5.10 Å². The first-order valence-corrected chi connectivity index (χ1v) is 9.13. The van der Waals surface area contributed by atoms with E-state index in [1.54, 1.807) is 6.07 Å². The van der Waals surface area contributed by atoms with Crippen LogP contribution in [0.2, 0.25) is 0 Å². The average Bonchev–Trinajstić information content (AvgIpc) is 3.10. The van der Waals surface area contributed by atoms with Gasteiger partial charge < -0.3 is 4.98 Å². The van der Waals surface area contributed by atoms with Gasteiger partial charge in [-0.2, -0.15) is 0 Å². The third-order valence-electron chi connectivity index (χ3n) is 4.09. The number of thioether (sulfide) groups is 1. The summed E-state index contributed by atoms with van der Waals surface area (Å²) in [6.07, 6.45) is 0. The van der Waals surface area contributed by atoms with Gasteiger partial charge in [0.05, 0.1) is 16.2 Å². The van der Waals surface area contributed by atoms with Crippen LogP contribution in [0, 0.1) is 6.92 Å². The number of nitrogens with zero attached hydrogens (tertiary/aromatic N) is 3. The van der Waals surface area contributed by atoms with Crippen LogP contribution in [0.3, 0.4) is 0 Å². The third kappa shape index (κ3) is 3.25. The highest BCUT2D eigenvalue weighted by Crippen LogP contribution is 2.31. The highest BCUT2D eigenvalue weighted by atomic mass is 32.2. The molecule has 2 heterocycles. The van der Waals surface area contributed by atoms with Gasteiger partial charge in [-0.1, -0.05) is 53.7 Å². The molecule has 0 saturated carbocycles. The van der Waals surface area contributed by atoms with Gasteiger partial charge in [-0.05, 0) is 26.0 Å². The fourth-order valence-electron chi connectivity index (χ4n) is 2.65. The van der Waals surface area contributed by atoms with Gasteiger partial charge in [-0.25, -0.2) is 9.97 Å². The lowest BCUT2D eigenvalue weighted by atomic mass is 10.1. The molecule has 7 heteroatoms. The van der Waals surface area contributed by atoms with Crippen LogP contribution >= 0.6 is 11.8 Å². The first-order valence-electron chi connectivity index (χ1n) is 8.25. The number of nitrogens with one attached hydrogen (secondary N) is 2. The number of hydrogen-bond acceptors (Lipinski definition) is 5. The second-order valence-electron chi connectivity index (χ2n) is 6.06. The van der Waals surface area contributed by atoms with Gasteiger partial charge in [0.15, 0.2) is 5.82 Å². The first kappa shape index (κ1) is 16.5. The van der Waals surface area contributed by atoms with E-state index < -0.39 is 0 Å². The molecule has 0 spiro atoms. The summed E-state index contributed by atoms with van der Waals surface area (Å²) in [5.41, 5.74) is 2.74. The number of benzene rings is 2. The Morgan fingerprint density at radius 2 is 1.81 bits per heavy atom. The minimum absolute atomic E-state index is 0.0889. The molecule has 4 aromatic rings. The van der Waals surface area contributed by atoms with Crippen LogP contribution < -0.4 is 5.56 Å². The van der Waals surface area contributed by atoms with Crippen LogP contribution in [0.25, 0.3) is 22.3 Å². The molecule has 2 N–H and O–H groups in total. The largest absolute Gasteiger partial charge is 0.309 e. The molecule has 0 amide bonds. The zero-order valence-electron chi connectivity index (χ0n) is 14.4. The van der Waals surface area contributed by atoms with Crippen molar-refractivity contribution in [1.82, 2.24) is 25.1 Å². The number of aromatic amines is 2. The SMILES string of the molecule is Cc1ccc(-c2nc(S[C@@H](C)c3nc4ccccc4c(=O)[nH]3)n[nH]2)cc1. The Morgan fingerprint density at radius 3 is 2.62 bits per heavy atom. The maximum Gasteiger partial charge on any atom is 0.258 e. The van der Waals surface area contributed by atoms with Crippen molar-refractivity contribution in [3.8, 4) is 11.4 Å². The second kappa shape index (κ2) is 6.76. The normalized spacial score (nSPS) is 12.4. The predicted octanol–water partition coefficient (Wildman–Crippen LogP) is 3.87. The van der Waals surface area contributed by atoms with E-state index in [1.165, 1.54) is 17.3 Å². The van der Waals surface area contributed by atoms with Crippen molar-refractivity contribution >= 4 is 22.7 Å². The van der Waals surface area contributed by atoms with Crippen LogP contribution in [0.5, 0.6) is 0 Å². The number of fused-ring (bicyclic) bond motifs is 1. The summed E-state index contributed by atoms with van der Waals surface area (Å²) in [4.78, 5) is 24.2. The maximum atomic E-state index is 12.2. The zero-order valence-corrected chi connectivity index (χ0v) is 15.2. The van der Waals surface area contributed by atoms with Crippen LogP contribution in [0.4, 0.5) is 0 Å². The minimum atomic E-state index is -0.131. The lowest BCUT2D eigenvalue weighted by Gasteiger charge is -2.08. The number of rotatable bonds is 4. The summed E-state index contributed by atoms with van der Waals surface area (Å²) in [5.74, 6) is 1.33. The fourth-order valence-corrected chi connectivity index (χ4v) is 3.43. The first-order chi connectivity index (χ1) is 12.6. The van der Waals surface area contributed by atoms with E-state index in [-0.39, 0.29) is 10.8 Å². The predicted molar refractivity (Wildman–Crippen MR) is 103 cm³/mol. The van der Waals surface area contributed by atoms with Crippen molar-refractivity contribution in [1.29, 1.82) is 0 Å². The summed E-state index contributed by atoms with van der Waals surface area (Å²) in [5, 5.41) is 8.35. The van der Waals surface area contributed by atoms with E-state index in [1.807, 2.05) is 56.3 Å². The van der Waals surface area contributed by atoms with Gasteiger partial charge in [-0.3, -0.25) is 9.89 Å². The molecule has 0 aliphatic rings. The topological polar surface area (TPSA) is 87.3 Å². The number of aryl methyl sites for hydroxylation is 1. The summed E-state index contributed by atoms with van der Waals surface area (Å²) >= 11 is 1.45. The van der Waals surface area contributed by atoms with E-state index in [4.69, 9.17) is 0 Å². The van der Waals surface area contributed by atoms with Crippen LogP contribution in [-0.2, 0) is 0 Å². The highest BCUT2D eigenvalue weighted by molar-refractivity contribution is 7.99. The Bertz CT molecular complexity index is 1120. The van der Waals surface area contributed by atoms with E-state index in [0.717, 1.165) is 11.4 Å². The smallest absolute Gasteiger partial charge is 0.258 e. The Balaban J connectivity index is 1.58. The molecule has 0 fully saturated rings. The van der Waals surface area contributed by atoms with Gasteiger partial charge in [0, 0.05) is 5.56 Å². The summed E-state index contributed by atoms with van der Waals surface area (Å²) < 4.78 is 0. The van der Waals surface area contributed by atoms with Gasteiger partial charge in [0.2, 0.25) is 5.16 Å². The second-order valence-corrected chi connectivity index (χ2v) is 7.37. The highest BCUT2D eigenvalue weighted by Gasteiger charge is 2.15. The number of para-hydroxylation sites is 1. The van der Waals surface area contributed by atoms with Gasteiger partial charge in [0.1, 0.15) is 5.82 Å². The van der Waals surface area contributed by atoms with Crippen molar-refractivity contribution in [2.75, 3.05) is 0 Å². The van der Waals surface area contributed by atoms with Crippen LogP contribution in [-0.4, -0.2) is 25.1 Å². The molecule has 1 atom stereocenters. The minimum Gasteiger partial charge on any atom is -0.309 e. The van der Waals surface area contributed by atoms with Crippen molar-refractivity contribution in [3.63, 3.8) is 0 Å². The van der Waals surface area contributed by atoms with Crippen molar-refractivity contribution < 1.29 is 0 Å². The molecule has 0 bridgehead atoms. The molecule has 4 rings (SSSR count). The molecular formula is C19H17N5OS. The molecule has 0 radical (unpaired) electrons. The van der Waals surface area contributed by atoms with Crippen LogP contribution in [0.1, 0.15) is 23.6 Å². The van der Waals surface area contributed by atoms with E-state index in [0.29, 0.717) is 21.9 Å². The summed E-state index contributed by atoms with van der Waals surface area (Å²) in [7, 11) is 0. The monoisotopic (exact) mass is 363 g/mol. The Labute approximate surface area is 154 Å². The molecule has 0 saturated heterocycles. The van der Waals surface area contributed by atoms with E-state index >= 15 is 0 Å².